The summed E-state index contributed by atoms with van der Waals surface area (Å²) >= 11 is 0. The third-order valence-corrected chi connectivity index (χ3v) is 4.41. The minimum absolute atomic E-state index is 0.247. The van der Waals surface area contributed by atoms with Crippen LogP contribution in [-0.4, -0.2) is 49.1 Å². The highest BCUT2D eigenvalue weighted by atomic mass is 16.2. The summed E-state index contributed by atoms with van der Waals surface area (Å²) < 4.78 is 0. The molecule has 1 amide bonds. The molecule has 0 spiro atoms. The Morgan fingerprint density at radius 1 is 1.44 bits per heavy atom. The van der Waals surface area contributed by atoms with E-state index >= 15 is 0 Å². The van der Waals surface area contributed by atoms with Crippen molar-refractivity contribution in [2.24, 2.45) is 0 Å². The summed E-state index contributed by atoms with van der Waals surface area (Å²) in [6.45, 7) is 5.34. The zero-order valence-electron chi connectivity index (χ0n) is 11.8. The molecule has 1 atom stereocenters. The van der Waals surface area contributed by atoms with Gasteiger partial charge in [-0.1, -0.05) is 13.3 Å². The van der Waals surface area contributed by atoms with Crippen molar-refractivity contribution in [2.75, 3.05) is 26.7 Å². The number of rotatable bonds is 4. The fraction of sp³-hybridized carbons (Fsp3) is 0.929. The van der Waals surface area contributed by atoms with Crippen LogP contribution in [0.1, 0.15) is 45.4 Å². The van der Waals surface area contributed by atoms with Crippen LogP contribution in [0.3, 0.4) is 0 Å². The van der Waals surface area contributed by atoms with Crippen LogP contribution >= 0.6 is 0 Å². The van der Waals surface area contributed by atoms with Crippen molar-refractivity contribution >= 4 is 5.91 Å². The average molecular weight is 253 g/mol. The number of nitrogens with zero attached hydrogens (tertiary/aromatic N) is 1. The maximum atomic E-state index is 12.5. The molecule has 4 nitrogen and oxygen atoms in total. The molecule has 0 aromatic rings. The molecule has 0 aromatic carbocycles. The maximum Gasteiger partial charge on any atom is 0.240 e. The molecule has 0 bridgehead atoms. The molecule has 2 saturated heterocycles. The fourth-order valence-electron chi connectivity index (χ4n) is 3.23. The minimum Gasteiger partial charge on any atom is -0.352 e. The number of nitrogens with one attached hydrogen (secondary N) is 2. The quantitative estimate of drug-likeness (QED) is 0.789. The van der Waals surface area contributed by atoms with Crippen molar-refractivity contribution < 1.29 is 4.79 Å². The van der Waals surface area contributed by atoms with Gasteiger partial charge in [-0.25, -0.2) is 0 Å². The first-order valence-electron chi connectivity index (χ1n) is 7.41. The van der Waals surface area contributed by atoms with Gasteiger partial charge in [0.25, 0.3) is 0 Å². The Kier molecular flexibility index (Phi) is 4.62. The molecule has 2 aliphatic rings. The van der Waals surface area contributed by atoms with E-state index in [0.29, 0.717) is 6.04 Å². The smallest absolute Gasteiger partial charge is 0.240 e. The summed E-state index contributed by atoms with van der Waals surface area (Å²) in [6.07, 6.45) is 6.33. The summed E-state index contributed by atoms with van der Waals surface area (Å²) in [6, 6.07) is 0.379. The van der Waals surface area contributed by atoms with Gasteiger partial charge in [-0.2, -0.15) is 0 Å². The lowest BCUT2D eigenvalue weighted by atomic mass is 9.90. The van der Waals surface area contributed by atoms with Crippen LogP contribution < -0.4 is 10.6 Å². The Morgan fingerprint density at radius 3 is 2.72 bits per heavy atom. The fourth-order valence-corrected chi connectivity index (χ4v) is 3.23. The first-order valence-corrected chi connectivity index (χ1v) is 7.41. The van der Waals surface area contributed by atoms with E-state index in [1.165, 1.54) is 0 Å². The predicted octanol–water partition coefficient (Wildman–Crippen LogP) is 1.12. The highest BCUT2D eigenvalue weighted by Crippen LogP contribution is 2.25. The van der Waals surface area contributed by atoms with Gasteiger partial charge in [-0.15, -0.1) is 0 Å². The highest BCUT2D eigenvalue weighted by molar-refractivity contribution is 5.87. The average Bonchev–Trinajstić information content (AvgIpc) is 2.82. The van der Waals surface area contributed by atoms with E-state index in [9.17, 15) is 4.79 Å². The first kappa shape index (κ1) is 13.8. The molecule has 0 aromatic heterocycles. The second-order valence-corrected chi connectivity index (χ2v) is 5.91. The number of likely N-dealkylation sites (tertiary alicyclic amines) is 1. The van der Waals surface area contributed by atoms with E-state index < -0.39 is 0 Å². The molecule has 2 N–H and O–H groups in total. The van der Waals surface area contributed by atoms with Crippen molar-refractivity contribution in [2.45, 2.75) is 57.0 Å². The molecule has 2 aliphatic heterocycles. The molecule has 1 unspecified atom stereocenters. The van der Waals surface area contributed by atoms with E-state index in [0.717, 1.165) is 58.2 Å². The Labute approximate surface area is 110 Å². The summed E-state index contributed by atoms with van der Waals surface area (Å²) in [4.78, 5) is 14.9. The van der Waals surface area contributed by atoms with Gasteiger partial charge in [0.2, 0.25) is 5.91 Å². The Balaban J connectivity index is 1.89. The Hall–Kier alpha value is -0.610. The predicted molar refractivity (Wildman–Crippen MR) is 73.5 cm³/mol. The molecule has 0 saturated carbocycles. The monoisotopic (exact) mass is 253 g/mol. The molecule has 0 radical (unpaired) electrons. The number of piperidine rings is 1. The van der Waals surface area contributed by atoms with Crippen LogP contribution in [0, 0.1) is 0 Å². The maximum absolute atomic E-state index is 12.5. The Bertz CT molecular complexity index is 279. The van der Waals surface area contributed by atoms with Crippen LogP contribution in [0.5, 0.6) is 0 Å². The topological polar surface area (TPSA) is 44.4 Å². The third kappa shape index (κ3) is 3.04. The lowest BCUT2D eigenvalue weighted by Gasteiger charge is -2.34. The van der Waals surface area contributed by atoms with Crippen molar-refractivity contribution in [3.8, 4) is 0 Å². The zero-order chi connectivity index (χ0) is 13.0. The lowest BCUT2D eigenvalue weighted by molar-refractivity contribution is -0.128. The molecule has 104 valence electrons. The van der Waals surface area contributed by atoms with E-state index in [2.05, 4.69) is 29.5 Å². The number of carbonyl (C=O) groups is 1. The molecule has 0 aliphatic carbocycles. The Morgan fingerprint density at radius 2 is 2.17 bits per heavy atom. The lowest BCUT2D eigenvalue weighted by Crippen LogP contribution is -2.57. The normalized spacial score (nSPS) is 30.6. The van der Waals surface area contributed by atoms with Crippen LogP contribution in [0.4, 0.5) is 0 Å². The first-order chi connectivity index (χ1) is 8.66. The second kappa shape index (κ2) is 6.02. The van der Waals surface area contributed by atoms with Gasteiger partial charge < -0.3 is 15.5 Å². The molecular formula is C14H27N3O. The molecule has 18 heavy (non-hydrogen) atoms. The van der Waals surface area contributed by atoms with E-state index in [1.54, 1.807) is 0 Å². The van der Waals surface area contributed by atoms with Gasteiger partial charge in [0.1, 0.15) is 0 Å². The molecule has 4 heteroatoms. The van der Waals surface area contributed by atoms with Crippen molar-refractivity contribution in [3.63, 3.8) is 0 Å². The standard InChI is InChI=1S/C14H27N3O/c1-3-7-14(8-4-9-15-14)13(18)16-12-5-10-17(2)11-6-12/h12,15H,3-11H2,1-2H3,(H,16,18). The van der Waals surface area contributed by atoms with Crippen LogP contribution in [0.15, 0.2) is 0 Å². The summed E-state index contributed by atoms with van der Waals surface area (Å²) in [5.74, 6) is 0.247. The van der Waals surface area contributed by atoms with Gasteiger partial charge in [0, 0.05) is 6.04 Å². The summed E-state index contributed by atoms with van der Waals surface area (Å²) in [5, 5.41) is 6.73. The minimum atomic E-state index is -0.266. The third-order valence-electron chi connectivity index (χ3n) is 4.41. The second-order valence-electron chi connectivity index (χ2n) is 5.91. The van der Waals surface area contributed by atoms with E-state index in [-0.39, 0.29) is 11.4 Å². The van der Waals surface area contributed by atoms with Crippen molar-refractivity contribution in [3.05, 3.63) is 0 Å². The molecule has 2 rings (SSSR count). The SMILES string of the molecule is CCCC1(C(=O)NC2CCN(C)CC2)CCCN1. The van der Waals surface area contributed by atoms with Gasteiger partial charge in [-0.05, 0) is 58.8 Å². The summed E-state index contributed by atoms with van der Waals surface area (Å²) in [5.41, 5.74) is -0.266. The van der Waals surface area contributed by atoms with Crippen LogP contribution in [0.2, 0.25) is 0 Å². The molecule has 2 heterocycles. The number of hydrogen-bond acceptors (Lipinski definition) is 3. The van der Waals surface area contributed by atoms with Crippen LogP contribution in [-0.2, 0) is 4.79 Å². The van der Waals surface area contributed by atoms with Crippen molar-refractivity contribution in [1.82, 2.24) is 15.5 Å². The van der Waals surface area contributed by atoms with Gasteiger partial charge in [0.05, 0.1) is 5.54 Å². The van der Waals surface area contributed by atoms with Crippen molar-refractivity contribution in [1.29, 1.82) is 0 Å². The molecule has 2 fully saturated rings. The van der Waals surface area contributed by atoms with E-state index in [1.807, 2.05) is 0 Å². The van der Waals surface area contributed by atoms with Gasteiger partial charge >= 0.3 is 0 Å². The van der Waals surface area contributed by atoms with E-state index in [4.69, 9.17) is 0 Å². The summed E-state index contributed by atoms with van der Waals surface area (Å²) in [7, 11) is 2.15. The largest absolute Gasteiger partial charge is 0.352 e. The van der Waals surface area contributed by atoms with Crippen LogP contribution in [0.25, 0.3) is 0 Å². The number of carbonyl (C=O) groups excluding carboxylic acids is 1. The van der Waals surface area contributed by atoms with Gasteiger partial charge in [0.15, 0.2) is 0 Å². The molecular weight excluding hydrogens is 226 g/mol. The van der Waals surface area contributed by atoms with Gasteiger partial charge in [-0.3, -0.25) is 4.79 Å². The number of hydrogen-bond donors (Lipinski definition) is 2. The highest BCUT2D eigenvalue weighted by Gasteiger charge is 2.40. The number of amides is 1. The zero-order valence-corrected chi connectivity index (χ0v) is 11.8.